The molecule has 0 aromatic carbocycles. The van der Waals surface area contributed by atoms with Gasteiger partial charge in [-0.3, -0.25) is 0 Å². The summed E-state index contributed by atoms with van der Waals surface area (Å²) in [5, 5.41) is 3.31. The van der Waals surface area contributed by atoms with Crippen molar-refractivity contribution in [3.05, 3.63) is 11.6 Å². The van der Waals surface area contributed by atoms with Crippen LogP contribution >= 0.6 is 0 Å². The van der Waals surface area contributed by atoms with E-state index in [2.05, 4.69) is 32.3 Å². The standard InChI is InChI=1S/C12H23N/c1-10(2)12(9-13-3)11-7-5-4-6-8-11/h7,10,12-13H,4-6,8-9H2,1-3H3. The molecule has 0 saturated carbocycles. The molecule has 1 atom stereocenters. The van der Waals surface area contributed by atoms with E-state index in [1.54, 1.807) is 5.57 Å². The minimum absolute atomic E-state index is 0.769. The van der Waals surface area contributed by atoms with Gasteiger partial charge in [-0.1, -0.05) is 25.5 Å². The fourth-order valence-corrected chi connectivity index (χ4v) is 2.21. The van der Waals surface area contributed by atoms with Crippen LogP contribution < -0.4 is 5.32 Å². The van der Waals surface area contributed by atoms with Gasteiger partial charge in [-0.2, -0.15) is 0 Å². The fourth-order valence-electron chi connectivity index (χ4n) is 2.21. The van der Waals surface area contributed by atoms with Crippen LogP contribution in [-0.4, -0.2) is 13.6 Å². The molecule has 0 spiro atoms. The van der Waals surface area contributed by atoms with Crippen LogP contribution in [0.15, 0.2) is 11.6 Å². The summed E-state index contributed by atoms with van der Waals surface area (Å²) in [5.41, 5.74) is 1.70. The molecule has 1 unspecified atom stereocenters. The molecule has 1 N–H and O–H groups in total. The highest BCUT2D eigenvalue weighted by molar-refractivity contribution is 5.10. The molecule has 1 aliphatic carbocycles. The van der Waals surface area contributed by atoms with Gasteiger partial charge in [0.2, 0.25) is 0 Å². The Kier molecular flexibility index (Phi) is 4.51. The van der Waals surface area contributed by atoms with Crippen LogP contribution in [0.1, 0.15) is 39.5 Å². The first-order chi connectivity index (χ1) is 6.25. The zero-order chi connectivity index (χ0) is 9.68. The Hall–Kier alpha value is -0.300. The van der Waals surface area contributed by atoms with Crippen LogP contribution in [0.5, 0.6) is 0 Å². The van der Waals surface area contributed by atoms with Crippen molar-refractivity contribution in [2.75, 3.05) is 13.6 Å². The molecule has 1 heteroatoms. The Bertz CT molecular complexity index is 170. The highest BCUT2D eigenvalue weighted by Crippen LogP contribution is 2.28. The summed E-state index contributed by atoms with van der Waals surface area (Å²) < 4.78 is 0. The molecule has 1 rings (SSSR count). The van der Waals surface area contributed by atoms with Crippen LogP contribution in [0.3, 0.4) is 0 Å². The molecule has 13 heavy (non-hydrogen) atoms. The second-order valence-electron chi connectivity index (χ2n) is 4.43. The van der Waals surface area contributed by atoms with Crippen LogP contribution in [-0.2, 0) is 0 Å². The lowest BCUT2D eigenvalue weighted by atomic mass is 9.82. The first-order valence-electron chi connectivity index (χ1n) is 5.59. The molecule has 0 fully saturated rings. The summed E-state index contributed by atoms with van der Waals surface area (Å²) in [6, 6.07) is 0. The lowest BCUT2D eigenvalue weighted by Gasteiger charge is -2.26. The molecule has 0 amide bonds. The summed E-state index contributed by atoms with van der Waals surface area (Å²) in [4.78, 5) is 0. The smallest absolute Gasteiger partial charge is 0.00163 e. The highest BCUT2D eigenvalue weighted by Gasteiger charge is 2.18. The van der Waals surface area contributed by atoms with Gasteiger partial charge in [0.1, 0.15) is 0 Å². The van der Waals surface area contributed by atoms with Crippen LogP contribution in [0.2, 0.25) is 0 Å². The summed E-state index contributed by atoms with van der Waals surface area (Å²) in [6.45, 7) is 5.80. The Balaban J connectivity index is 2.56. The van der Waals surface area contributed by atoms with Crippen molar-refractivity contribution in [2.24, 2.45) is 11.8 Å². The molecular formula is C12H23N. The minimum atomic E-state index is 0.769. The molecule has 0 aromatic heterocycles. The quantitative estimate of drug-likeness (QED) is 0.657. The average molecular weight is 181 g/mol. The van der Waals surface area contributed by atoms with Crippen molar-refractivity contribution in [3.63, 3.8) is 0 Å². The van der Waals surface area contributed by atoms with Crippen molar-refractivity contribution in [1.82, 2.24) is 5.32 Å². The van der Waals surface area contributed by atoms with E-state index in [9.17, 15) is 0 Å². The number of nitrogens with one attached hydrogen (secondary N) is 1. The van der Waals surface area contributed by atoms with Crippen molar-refractivity contribution in [1.29, 1.82) is 0 Å². The molecule has 0 radical (unpaired) electrons. The number of rotatable bonds is 4. The van der Waals surface area contributed by atoms with E-state index < -0.39 is 0 Å². The van der Waals surface area contributed by atoms with Crippen molar-refractivity contribution in [3.8, 4) is 0 Å². The second-order valence-corrected chi connectivity index (χ2v) is 4.43. The normalized spacial score (nSPS) is 20.2. The van der Waals surface area contributed by atoms with Gasteiger partial charge in [0.15, 0.2) is 0 Å². The first kappa shape index (κ1) is 10.8. The van der Waals surface area contributed by atoms with Gasteiger partial charge < -0.3 is 5.32 Å². The summed E-state index contributed by atoms with van der Waals surface area (Å²) in [6.07, 6.45) is 7.92. The minimum Gasteiger partial charge on any atom is -0.319 e. The Morgan fingerprint density at radius 1 is 1.38 bits per heavy atom. The van der Waals surface area contributed by atoms with E-state index in [4.69, 9.17) is 0 Å². The largest absolute Gasteiger partial charge is 0.319 e. The Labute approximate surface area is 82.6 Å². The predicted molar refractivity (Wildman–Crippen MR) is 58.8 cm³/mol. The lowest BCUT2D eigenvalue weighted by molar-refractivity contribution is 0.406. The average Bonchev–Trinajstić information content (AvgIpc) is 2.15. The van der Waals surface area contributed by atoms with Gasteiger partial charge in [-0.05, 0) is 44.6 Å². The molecule has 76 valence electrons. The zero-order valence-corrected chi connectivity index (χ0v) is 9.27. The molecule has 0 heterocycles. The molecular weight excluding hydrogens is 158 g/mol. The zero-order valence-electron chi connectivity index (χ0n) is 9.27. The maximum absolute atomic E-state index is 3.31. The van der Waals surface area contributed by atoms with E-state index in [0.29, 0.717) is 0 Å². The maximum Gasteiger partial charge on any atom is 0.00163 e. The van der Waals surface area contributed by atoms with Gasteiger partial charge in [0.05, 0.1) is 0 Å². The van der Waals surface area contributed by atoms with Gasteiger partial charge in [0.25, 0.3) is 0 Å². The van der Waals surface area contributed by atoms with Crippen molar-refractivity contribution < 1.29 is 0 Å². The first-order valence-corrected chi connectivity index (χ1v) is 5.59. The molecule has 0 bridgehead atoms. The van der Waals surface area contributed by atoms with E-state index in [1.165, 1.54) is 25.7 Å². The van der Waals surface area contributed by atoms with Gasteiger partial charge in [-0.15, -0.1) is 0 Å². The second kappa shape index (κ2) is 5.43. The topological polar surface area (TPSA) is 12.0 Å². The van der Waals surface area contributed by atoms with E-state index in [-0.39, 0.29) is 0 Å². The number of hydrogen-bond acceptors (Lipinski definition) is 1. The third kappa shape index (κ3) is 3.15. The molecule has 1 aliphatic rings. The Morgan fingerprint density at radius 2 is 2.15 bits per heavy atom. The molecule has 1 nitrogen and oxygen atoms in total. The van der Waals surface area contributed by atoms with Crippen LogP contribution in [0, 0.1) is 11.8 Å². The van der Waals surface area contributed by atoms with Crippen molar-refractivity contribution in [2.45, 2.75) is 39.5 Å². The number of allylic oxidation sites excluding steroid dienone is 1. The van der Waals surface area contributed by atoms with E-state index >= 15 is 0 Å². The third-order valence-corrected chi connectivity index (χ3v) is 3.03. The third-order valence-electron chi connectivity index (χ3n) is 3.03. The molecule has 0 aromatic rings. The lowest BCUT2D eigenvalue weighted by Crippen LogP contribution is -2.25. The van der Waals surface area contributed by atoms with Gasteiger partial charge >= 0.3 is 0 Å². The predicted octanol–water partition coefficient (Wildman–Crippen LogP) is 2.98. The van der Waals surface area contributed by atoms with Crippen LogP contribution in [0.25, 0.3) is 0 Å². The molecule has 0 saturated heterocycles. The maximum atomic E-state index is 3.31. The summed E-state index contributed by atoms with van der Waals surface area (Å²) in [7, 11) is 2.05. The van der Waals surface area contributed by atoms with Gasteiger partial charge in [0, 0.05) is 6.54 Å². The summed E-state index contributed by atoms with van der Waals surface area (Å²) >= 11 is 0. The fraction of sp³-hybridized carbons (Fsp3) is 0.833. The van der Waals surface area contributed by atoms with Crippen molar-refractivity contribution >= 4 is 0 Å². The Morgan fingerprint density at radius 3 is 2.62 bits per heavy atom. The van der Waals surface area contributed by atoms with E-state index in [1.807, 2.05) is 0 Å². The van der Waals surface area contributed by atoms with E-state index in [0.717, 1.165) is 18.4 Å². The van der Waals surface area contributed by atoms with Gasteiger partial charge in [-0.25, -0.2) is 0 Å². The summed E-state index contributed by atoms with van der Waals surface area (Å²) in [5.74, 6) is 1.54. The SMILES string of the molecule is CNCC(C1=CCCCC1)C(C)C. The number of hydrogen-bond donors (Lipinski definition) is 1. The van der Waals surface area contributed by atoms with Crippen LogP contribution in [0.4, 0.5) is 0 Å². The molecule has 0 aliphatic heterocycles. The monoisotopic (exact) mass is 181 g/mol. The highest BCUT2D eigenvalue weighted by atomic mass is 14.8.